The largest absolute Gasteiger partial charge is 0.479 e. The van der Waals surface area contributed by atoms with Crippen molar-refractivity contribution in [2.75, 3.05) is 19.8 Å². The first-order valence-electron chi connectivity index (χ1n) is 14.0. The van der Waals surface area contributed by atoms with Crippen LogP contribution >= 0.6 is 0 Å². The summed E-state index contributed by atoms with van der Waals surface area (Å²) in [6, 6.07) is 20.6. The normalized spacial score (nSPS) is 24.7. The van der Waals surface area contributed by atoms with Crippen molar-refractivity contribution in [1.29, 1.82) is 0 Å². The van der Waals surface area contributed by atoms with Gasteiger partial charge in [0.2, 0.25) is 0 Å². The van der Waals surface area contributed by atoms with E-state index in [0.29, 0.717) is 30.1 Å². The summed E-state index contributed by atoms with van der Waals surface area (Å²) in [7, 11) is 0. The summed E-state index contributed by atoms with van der Waals surface area (Å²) in [6.45, 7) is 3.66. The molecule has 0 spiro atoms. The van der Waals surface area contributed by atoms with E-state index in [1.807, 2.05) is 30.3 Å². The molecule has 0 bridgehead atoms. The van der Waals surface area contributed by atoms with Crippen molar-refractivity contribution in [3.05, 3.63) is 71.8 Å². The van der Waals surface area contributed by atoms with E-state index in [4.69, 9.17) is 20.4 Å². The number of aliphatic hydroxyl groups is 3. The second-order valence-corrected chi connectivity index (χ2v) is 11.1. The summed E-state index contributed by atoms with van der Waals surface area (Å²) in [5.41, 5.74) is 0.637. The topological polar surface area (TPSA) is 180 Å². The van der Waals surface area contributed by atoms with Gasteiger partial charge in [0, 0.05) is 31.6 Å². The molecule has 2 aromatic carbocycles. The van der Waals surface area contributed by atoms with Crippen LogP contribution in [-0.4, -0.2) is 86.3 Å². The number of carbonyl (C=O) groups excluding carboxylic acids is 1. The number of amides is 1. The summed E-state index contributed by atoms with van der Waals surface area (Å²) in [5, 5.41) is 50.6. The molecule has 41 heavy (non-hydrogen) atoms. The number of aliphatic hydroxyl groups excluding tert-OH is 2. The molecular formula is C30H39N3O8. The quantitative estimate of drug-likeness (QED) is 0.191. The third kappa shape index (κ3) is 7.30. The highest BCUT2D eigenvalue weighted by Gasteiger charge is 2.55. The minimum Gasteiger partial charge on any atom is -0.479 e. The van der Waals surface area contributed by atoms with Crippen LogP contribution in [0.25, 0.3) is 0 Å². The Bertz CT molecular complexity index is 1150. The number of aliphatic carboxylic acids is 2. The van der Waals surface area contributed by atoms with Gasteiger partial charge >= 0.3 is 11.9 Å². The third-order valence-corrected chi connectivity index (χ3v) is 8.42. The number of rotatable bonds is 11. The molecule has 1 amide bonds. The Morgan fingerprint density at radius 1 is 0.854 bits per heavy atom. The number of carbonyl (C=O) groups is 3. The number of likely N-dealkylation sites (tertiary alicyclic amines) is 1. The number of carboxylic acid groups (broad SMARTS) is 2. The monoisotopic (exact) mass is 569 g/mol. The lowest BCUT2D eigenvalue weighted by molar-refractivity contribution is -0.165. The summed E-state index contributed by atoms with van der Waals surface area (Å²) in [5.74, 6) is -2.48. The van der Waals surface area contributed by atoms with Crippen molar-refractivity contribution in [3.63, 3.8) is 0 Å². The standard InChI is InChI=1S/C26H33N3O2.C4H6O6/c30-25(26(31,21-13-7-8-14-21)20-11-5-2-6-12-20)28-18-27-24-22-16-29(17-23(22)24)15-19-9-3-1-4-10-19;5-1(3(7)8)2(6)4(9)10/h1-6,9-12,21-24,27,31H,7-8,13-18H2,(H,28,30);1-2,5-6H,(H,7,8)(H,9,10). The molecule has 2 saturated carbocycles. The maximum Gasteiger partial charge on any atom is 0.335 e. The smallest absolute Gasteiger partial charge is 0.335 e. The summed E-state index contributed by atoms with van der Waals surface area (Å²) >= 11 is 0. The second kappa shape index (κ2) is 13.5. The van der Waals surface area contributed by atoms with Gasteiger partial charge in [0.05, 0.1) is 6.67 Å². The van der Waals surface area contributed by atoms with Crippen LogP contribution in [0.4, 0.5) is 0 Å². The SMILES string of the molecule is O=C(NCNC1C2CN(Cc3ccccc3)CC21)C(O)(c1ccccc1)C1CCCC1.O=C(O)C(O)C(O)C(=O)O. The number of hydrogen-bond acceptors (Lipinski definition) is 8. The van der Waals surface area contributed by atoms with Crippen molar-refractivity contribution < 1.29 is 39.9 Å². The van der Waals surface area contributed by atoms with Gasteiger partial charge in [-0.25, -0.2) is 9.59 Å². The molecule has 3 aliphatic rings. The fraction of sp³-hybridized carbons (Fsp3) is 0.500. The zero-order valence-corrected chi connectivity index (χ0v) is 22.8. The van der Waals surface area contributed by atoms with Gasteiger partial charge in [0.15, 0.2) is 17.8 Å². The summed E-state index contributed by atoms with van der Waals surface area (Å²) < 4.78 is 0. The average molecular weight is 570 g/mol. The van der Waals surface area contributed by atoms with E-state index < -0.39 is 29.7 Å². The Hall–Kier alpha value is -3.35. The second-order valence-electron chi connectivity index (χ2n) is 11.1. The number of fused-ring (bicyclic) bond motifs is 1. The van der Waals surface area contributed by atoms with Gasteiger partial charge in [-0.15, -0.1) is 0 Å². The lowest BCUT2D eigenvalue weighted by Gasteiger charge is -2.33. The van der Waals surface area contributed by atoms with E-state index in [2.05, 4.69) is 45.9 Å². The molecule has 1 saturated heterocycles. The molecule has 1 aliphatic heterocycles. The highest BCUT2D eigenvalue weighted by atomic mass is 16.4. The molecule has 5 unspecified atom stereocenters. The number of nitrogens with one attached hydrogen (secondary N) is 2. The number of nitrogens with zero attached hydrogens (tertiary/aromatic N) is 1. The fourth-order valence-corrected chi connectivity index (χ4v) is 6.13. The van der Waals surface area contributed by atoms with Gasteiger partial charge in [-0.1, -0.05) is 73.5 Å². The fourth-order valence-electron chi connectivity index (χ4n) is 6.13. The maximum atomic E-state index is 13.1. The van der Waals surface area contributed by atoms with Gasteiger partial charge in [-0.2, -0.15) is 0 Å². The first-order chi connectivity index (χ1) is 19.6. The zero-order valence-electron chi connectivity index (χ0n) is 22.8. The van der Waals surface area contributed by atoms with Crippen molar-refractivity contribution in [3.8, 4) is 0 Å². The average Bonchev–Trinajstić information content (AvgIpc) is 3.35. The van der Waals surface area contributed by atoms with Crippen LogP contribution in [0.15, 0.2) is 60.7 Å². The van der Waals surface area contributed by atoms with Gasteiger partial charge in [0.1, 0.15) is 0 Å². The Balaban J connectivity index is 0.000000334. The highest BCUT2D eigenvalue weighted by Crippen LogP contribution is 2.46. The van der Waals surface area contributed by atoms with Crippen LogP contribution in [0.2, 0.25) is 0 Å². The van der Waals surface area contributed by atoms with Crippen molar-refractivity contribution in [2.45, 2.75) is 56.1 Å². The van der Waals surface area contributed by atoms with Crippen LogP contribution in [0.5, 0.6) is 0 Å². The number of hydrogen-bond donors (Lipinski definition) is 7. The molecular weight excluding hydrogens is 530 g/mol. The lowest BCUT2D eigenvalue weighted by Crippen LogP contribution is -2.51. The molecule has 3 fully saturated rings. The van der Waals surface area contributed by atoms with Gasteiger partial charge in [-0.05, 0) is 35.8 Å². The third-order valence-electron chi connectivity index (χ3n) is 8.42. The molecule has 11 nitrogen and oxygen atoms in total. The minimum atomic E-state index is -2.27. The molecule has 11 heteroatoms. The first kappa shape index (κ1) is 30.6. The molecule has 7 N–H and O–H groups in total. The Morgan fingerprint density at radius 2 is 1.37 bits per heavy atom. The zero-order chi connectivity index (χ0) is 29.6. The minimum absolute atomic E-state index is 0.0123. The summed E-state index contributed by atoms with van der Waals surface area (Å²) in [6.07, 6.45) is -0.575. The maximum absolute atomic E-state index is 13.1. The molecule has 5 atom stereocenters. The molecule has 222 valence electrons. The van der Waals surface area contributed by atoms with Gasteiger partial charge < -0.3 is 30.8 Å². The Kier molecular flexibility index (Phi) is 10.1. The first-order valence-corrected chi connectivity index (χ1v) is 14.0. The van der Waals surface area contributed by atoms with Crippen LogP contribution in [0.3, 0.4) is 0 Å². The van der Waals surface area contributed by atoms with Crippen LogP contribution in [-0.2, 0) is 26.5 Å². The molecule has 0 aromatic heterocycles. The van der Waals surface area contributed by atoms with Gasteiger partial charge in [-0.3, -0.25) is 15.0 Å². The van der Waals surface area contributed by atoms with Crippen molar-refractivity contribution in [2.24, 2.45) is 17.8 Å². The number of carboxylic acids is 2. The van der Waals surface area contributed by atoms with Crippen LogP contribution < -0.4 is 10.6 Å². The lowest BCUT2D eigenvalue weighted by atomic mass is 9.79. The molecule has 1 heterocycles. The molecule has 0 radical (unpaired) electrons. The molecule has 2 aliphatic carbocycles. The van der Waals surface area contributed by atoms with E-state index in [0.717, 1.165) is 45.3 Å². The highest BCUT2D eigenvalue weighted by molar-refractivity contribution is 5.86. The van der Waals surface area contributed by atoms with Crippen LogP contribution in [0.1, 0.15) is 36.8 Å². The van der Waals surface area contributed by atoms with Crippen molar-refractivity contribution in [1.82, 2.24) is 15.5 Å². The van der Waals surface area contributed by atoms with Crippen LogP contribution in [0, 0.1) is 17.8 Å². The molecule has 5 rings (SSSR count). The van der Waals surface area contributed by atoms with Gasteiger partial charge in [0.25, 0.3) is 5.91 Å². The van der Waals surface area contributed by atoms with E-state index in [9.17, 15) is 19.5 Å². The van der Waals surface area contributed by atoms with Crippen molar-refractivity contribution >= 4 is 17.8 Å². The van der Waals surface area contributed by atoms with E-state index in [-0.39, 0.29) is 11.8 Å². The number of piperidine rings is 1. The summed E-state index contributed by atoms with van der Waals surface area (Å²) in [4.78, 5) is 35.2. The predicted molar refractivity (Wildman–Crippen MR) is 148 cm³/mol. The Morgan fingerprint density at radius 3 is 1.88 bits per heavy atom. The van der Waals surface area contributed by atoms with E-state index in [1.54, 1.807) is 0 Å². The molecule has 2 aromatic rings. The predicted octanol–water partition coefficient (Wildman–Crippen LogP) is 0.736. The van der Waals surface area contributed by atoms with E-state index >= 15 is 0 Å². The Labute approximate surface area is 238 Å². The van der Waals surface area contributed by atoms with E-state index in [1.165, 1.54) is 5.56 Å². The number of benzene rings is 2.